The van der Waals surface area contributed by atoms with Crippen LogP contribution in [0, 0.1) is 0 Å². The smallest absolute Gasteiger partial charge is 0.325 e. The van der Waals surface area contributed by atoms with Crippen molar-refractivity contribution in [1.82, 2.24) is 9.29 Å². The Morgan fingerprint density at radius 1 is 1.42 bits per heavy atom. The maximum atomic E-state index is 11.8. The predicted octanol–water partition coefficient (Wildman–Crippen LogP) is 0.307. The summed E-state index contributed by atoms with van der Waals surface area (Å²) in [6, 6.07) is 2.92. The Balaban J connectivity index is 2.70. The minimum atomic E-state index is -3.48. The van der Waals surface area contributed by atoms with Gasteiger partial charge < -0.3 is 10.1 Å². The van der Waals surface area contributed by atoms with Crippen molar-refractivity contribution < 1.29 is 17.9 Å². The molecule has 0 bridgehead atoms. The third kappa shape index (κ3) is 4.18. The number of pyridine rings is 1. The van der Waals surface area contributed by atoms with Gasteiger partial charge in [0.1, 0.15) is 17.3 Å². The summed E-state index contributed by atoms with van der Waals surface area (Å²) in [5, 5.41) is 2.74. The minimum Gasteiger partial charge on any atom is -0.465 e. The number of anilines is 1. The van der Waals surface area contributed by atoms with Crippen LogP contribution in [0.5, 0.6) is 0 Å². The average molecular weight is 287 g/mol. The Morgan fingerprint density at radius 3 is 2.58 bits per heavy atom. The molecule has 7 nitrogen and oxygen atoms in total. The molecule has 0 radical (unpaired) electrons. The quantitative estimate of drug-likeness (QED) is 0.757. The van der Waals surface area contributed by atoms with Crippen LogP contribution >= 0.6 is 0 Å². The number of hydrogen-bond acceptors (Lipinski definition) is 6. The van der Waals surface area contributed by atoms with E-state index in [1.165, 1.54) is 32.4 Å². The zero-order chi connectivity index (χ0) is 14.5. The number of nitrogens with zero attached hydrogens (tertiary/aromatic N) is 2. The van der Waals surface area contributed by atoms with Crippen LogP contribution < -0.4 is 5.32 Å². The van der Waals surface area contributed by atoms with Crippen molar-refractivity contribution in [2.45, 2.75) is 11.8 Å². The van der Waals surface area contributed by atoms with Gasteiger partial charge in [-0.25, -0.2) is 17.7 Å². The molecule has 1 aromatic heterocycles. The van der Waals surface area contributed by atoms with E-state index >= 15 is 0 Å². The fraction of sp³-hybridized carbons (Fsp3) is 0.455. The molecule has 8 heteroatoms. The summed E-state index contributed by atoms with van der Waals surface area (Å²) in [4.78, 5) is 15.1. The van der Waals surface area contributed by atoms with Gasteiger partial charge in [-0.3, -0.25) is 4.79 Å². The van der Waals surface area contributed by atoms with Crippen LogP contribution in [-0.4, -0.2) is 50.9 Å². The van der Waals surface area contributed by atoms with E-state index in [2.05, 4.69) is 10.3 Å². The standard InChI is InChI=1S/C11H17N3O4S/c1-4-18-11(15)8-13-10-6-5-9(7-12-10)19(16,17)14(2)3/h5-7H,4,8H2,1-3H3,(H,12,13). The summed E-state index contributed by atoms with van der Waals surface area (Å²) in [7, 11) is -0.589. The molecule has 0 amide bonds. The van der Waals surface area contributed by atoms with Gasteiger partial charge in [-0.2, -0.15) is 0 Å². The normalized spacial score (nSPS) is 11.4. The number of hydrogen-bond donors (Lipinski definition) is 1. The van der Waals surface area contributed by atoms with Crippen molar-refractivity contribution in [3.8, 4) is 0 Å². The molecule has 0 spiro atoms. The highest BCUT2D eigenvalue weighted by molar-refractivity contribution is 7.89. The lowest BCUT2D eigenvalue weighted by atomic mass is 10.4. The minimum absolute atomic E-state index is 0.0133. The first-order valence-corrected chi connectivity index (χ1v) is 7.10. The zero-order valence-electron chi connectivity index (χ0n) is 11.1. The highest BCUT2D eigenvalue weighted by Gasteiger charge is 2.17. The molecule has 19 heavy (non-hydrogen) atoms. The Morgan fingerprint density at radius 2 is 2.11 bits per heavy atom. The molecule has 1 aromatic rings. The zero-order valence-corrected chi connectivity index (χ0v) is 11.9. The second-order valence-electron chi connectivity index (χ2n) is 3.83. The van der Waals surface area contributed by atoms with Crippen LogP contribution in [0.15, 0.2) is 23.2 Å². The van der Waals surface area contributed by atoms with Gasteiger partial charge in [0.15, 0.2) is 0 Å². The molecule has 0 fully saturated rings. The van der Waals surface area contributed by atoms with Crippen molar-refractivity contribution in [3.63, 3.8) is 0 Å². The van der Waals surface area contributed by atoms with Crippen LogP contribution in [0.25, 0.3) is 0 Å². The number of aromatic nitrogens is 1. The fourth-order valence-electron chi connectivity index (χ4n) is 1.22. The summed E-state index contributed by atoms with van der Waals surface area (Å²) in [6.45, 7) is 2.02. The van der Waals surface area contributed by atoms with Gasteiger partial charge in [0, 0.05) is 20.3 Å². The van der Waals surface area contributed by atoms with E-state index in [0.29, 0.717) is 12.4 Å². The molecule has 0 saturated heterocycles. The van der Waals surface area contributed by atoms with Crippen molar-refractivity contribution in [1.29, 1.82) is 0 Å². The highest BCUT2D eigenvalue weighted by Crippen LogP contribution is 2.13. The first-order chi connectivity index (χ1) is 8.87. The first kappa shape index (κ1) is 15.4. The molecule has 0 atom stereocenters. The molecule has 0 saturated carbocycles. The van der Waals surface area contributed by atoms with Crippen molar-refractivity contribution in [3.05, 3.63) is 18.3 Å². The molecule has 0 aromatic carbocycles. The third-order valence-corrected chi connectivity index (χ3v) is 4.03. The summed E-state index contributed by atoms with van der Waals surface area (Å²) in [5.41, 5.74) is 0. The number of sulfonamides is 1. The van der Waals surface area contributed by atoms with Crippen molar-refractivity contribution >= 4 is 21.8 Å². The highest BCUT2D eigenvalue weighted by atomic mass is 32.2. The Bertz CT molecular complexity index is 525. The maximum absolute atomic E-state index is 11.8. The number of ether oxygens (including phenoxy) is 1. The summed E-state index contributed by atoms with van der Waals surface area (Å²) >= 11 is 0. The number of nitrogens with one attached hydrogen (secondary N) is 1. The van der Waals surface area contributed by atoms with E-state index in [1.54, 1.807) is 6.92 Å². The van der Waals surface area contributed by atoms with Crippen LogP contribution in [0.2, 0.25) is 0 Å². The molecule has 106 valence electrons. The second-order valence-corrected chi connectivity index (χ2v) is 5.98. The van der Waals surface area contributed by atoms with Gasteiger partial charge >= 0.3 is 5.97 Å². The maximum Gasteiger partial charge on any atom is 0.325 e. The van der Waals surface area contributed by atoms with E-state index in [4.69, 9.17) is 4.74 Å². The molecule has 0 unspecified atom stereocenters. The largest absolute Gasteiger partial charge is 0.465 e. The second kappa shape index (κ2) is 6.48. The predicted molar refractivity (Wildman–Crippen MR) is 70.2 cm³/mol. The fourth-order valence-corrected chi connectivity index (χ4v) is 2.07. The van der Waals surface area contributed by atoms with Crippen LogP contribution in [0.3, 0.4) is 0 Å². The van der Waals surface area contributed by atoms with E-state index in [-0.39, 0.29) is 11.4 Å². The van der Waals surface area contributed by atoms with Gasteiger partial charge in [-0.1, -0.05) is 0 Å². The number of carbonyl (C=O) groups excluding carboxylic acids is 1. The third-order valence-electron chi connectivity index (χ3n) is 2.23. The van der Waals surface area contributed by atoms with Gasteiger partial charge in [0.2, 0.25) is 10.0 Å². The molecule has 0 aliphatic heterocycles. The van der Waals surface area contributed by atoms with E-state index in [0.717, 1.165) is 4.31 Å². The summed E-state index contributed by atoms with van der Waals surface area (Å²) in [6.07, 6.45) is 1.24. The van der Waals surface area contributed by atoms with Gasteiger partial charge in [0.25, 0.3) is 0 Å². The topological polar surface area (TPSA) is 88.6 Å². The van der Waals surface area contributed by atoms with Crippen LogP contribution in [-0.2, 0) is 19.6 Å². The van der Waals surface area contributed by atoms with Gasteiger partial charge in [0.05, 0.1) is 6.61 Å². The van der Waals surface area contributed by atoms with Crippen LogP contribution in [0.4, 0.5) is 5.82 Å². The lowest BCUT2D eigenvalue weighted by molar-refractivity contribution is -0.140. The molecule has 1 N–H and O–H groups in total. The monoisotopic (exact) mass is 287 g/mol. The lowest BCUT2D eigenvalue weighted by Gasteiger charge is -2.11. The number of carbonyl (C=O) groups is 1. The van der Waals surface area contributed by atoms with E-state index in [9.17, 15) is 13.2 Å². The molecule has 1 heterocycles. The van der Waals surface area contributed by atoms with Gasteiger partial charge in [-0.15, -0.1) is 0 Å². The molecular formula is C11H17N3O4S. The average Bonchev–Trinajstić information content (AvgIpc) is 2.37. The number of rotatable bonds is 6. The SMILES string of the molecule is CCOC(=O)CNc1ccc(S(=O)(=O)N(C)C)cn1. The van der Waals surface area contributed by atoms with Crippen LogP contribution in [0.1, 0.15) is 6.92 Å². The molecule has 0 aliphatic rings. The lowest BCUT2D eigenvalue weighted by Crippen LogP contribution is -2.22. The Labute approximate surface area is 112 Å². The van der Waals surface area contributed by atoms with Gasteiger partial charge in [-0.05, 0) is 19.1 Å². The Kier molecular flexibility index (Phi) is 5.25. The molecular weight excluding hydrogens is 270 g/mol. The summed E-state index contributed by atoms with van der Waals surface area (Å²) in [5.74, 6) is 0.0139. The van der Waals surface area contributed by atoms with E-state index in [1.807, 2.05) is 0 Å². The molecule has 0 aliphatic carbocycles. The summed E-state index contributed by atoms with van der Waals surface area (Å²) < 4.78 is 29.4. The molecule has 1 rings (SSSR count). The van der Waals surface area contributed by atoms with Crippen molar-refractivity contribution in [2.24, 2.45) is 0 Å². The Hall–Kier alpha value is -1.67. The number of esters is 1. The van der Waals surface area contributed by atoms with Crippen molar-refractivity contribution in [2.75, 3.05) is 32.6 Å². The first-order valence-electron chi connectivity index (χ1n) is 5.66. The van der Waals surface area contributed by atoms with E-state index < -0.39 is 16.0 Å².